The predicted molar refractivity (Wildman–Crippen MR) is 123 cm³/mol. The zero-order chi connectivity index (χ0) is 24.4. The van der Waals surface area contributed by atoms with Crippen LogP contribution in [0.15, 0.2) is 75.6 Å². The minimum Gasteiger partial charge on any atom is -0.466 e. The quantitative estimate of drug-likeness (QED) is 0.572. The third-order valence-electron chi connectivity index (χ3n) is 5.60. The van der Waals surface area contributed by atoms with Crippen LogP contribution in [0.2, 0.25) is 0 Å². The summed E-state index contributed by atoms with van der Waals surface area (Å²) in [6.45, 7) is 1.90. The number of rotatable bonds is 5. The summed E-state index contributed by atoms with van der Waals surface area (Å²) in [4.78, 5) is 32.1. The first-order valence-corrected chi connectivity index (χ1v) is 10.5. The van der Waals surface area contributed by atoms with E-state index in [4.69, 9.17) is 19.6 Å². The molecule has 0 fully saturated rings. The standard InChI is InChI=1S/C25H22N4O5/c1-4-18-28-21-16(11-8-12-17(21)34-18)29-22(25(31)33-3)20(24(30)32-2)19(15(13-26)23(29)27)14-9-6-5-7-10-14/h5-12,19H,4,27H2,1-3H3. The van der Waals surface area contributed by atoms with E-state index in [1.807, 2.05) is 6.92 Å². The molecule has 34 heavy (non-hydrogen) atoms. The van der Waals surface area contributed by atoms with Crippen molar-refractivity contribution in [1.82, 2.24) is 4.98 Å². The summed E-state index contributed by atoms with van der Waals surface area (Å²) in [6.07, 6.45) is 0.548. The third kappa shape index (κ3) is 3.55. The number of allylic oxidation sites excluding steroid dienone is 1. The van der Waals surface area contributed by atoms with Crippen molar-refractivity contribution in [1.29, 1.82) is 5.26 Å². The Morgan fingerprint density at radius 2 is 1.82 bits per heavy atom. The van der Waals surface area contributed by atoms with E-state index in [-0.39, 0.29) is 22.7 Å². The van der Waals surface area contributed by atoms with Crippen LogP contribution in [0.1, 0.15) is 24.3 Å². The zero-order valence-electron chi connectivity index (χ0n) is 18.9. The van der Waals surface area contributed by atoms with Crippen LogP contribution in [0.3, 0.4) is 0 Å². The molecule has 0 bridgehead atoms. The molecule has 9 heteroatoms. The molecule has 1 aliphatic heterocycles. The first kappa shape index (κ1) is 22.6. The molecule has 3 aromatic rings. The molecule has 1 atom stereocenters. The molecule has 1 unspecified atom stereocenters. The van der Waals surface area contributed by atoms with E-state index >= 15 is 0 Å². The van der Waals surface area contributed by atoms with Gasteiger partial charge in [0.1, 0.15) is 17.0 Å². The molecule has 0 amide bonds. The molecule has 4 rings (SSSR count). The number of methoxy groups -OCH3 is 2. The number of carbonyl (C=O) groups excluding carboxylic acids is 2. The zero-order valence-corrected chi connectivity index (χ0v) is 18.9. The fourth-order valence-electron chi connectivity index (χ4n) is 4.08. The first-order valence-electron chi connectivity index (χ1n) is 10.5. The summed E-state index contributed by atoms with van der Waals surface area (Å²) < 4.78 is 15.9. The molecule has 172 valence electrons. The maximum atomic E-state index is 13.2. The summed E-state index contributed by atoms with van der Waals surface area (Å²) in [6, 6.07) is 16.1. The second kappa shape index (κ2) is 9.11. The van der Waals surface area contributed by atoms with Crippen molar-refractivity contribution in [3.8, 4) is 6.07 Å². The number of nitriles is 1. The number of para-hydroxylation sites is 1. The molecular weight excluding hydrogens is 436 g/mol. The fourth-order valence-corrected chi connectivity index (χ4v) is 4.08. The first-order chi connectivity index (χ1) is 16.5. The molecule has 1 aromatic heterocycles. The van der Waals surface area contributed by atoms with Gasteiger partial charge < -0.3 is 19.6 Å². The van der Waals surface area contributed by atoms with E-state index < -0.39 is 17.9 Å². The Hall–Kier alpha value is -4.58. The number of carbonyl (C=O) groups is 2. The van der Waals surface area contributed by atoms with Crippen LogP contribution >= 0.6 is 0 Å². The number of nitrogens with zero attached hydrogens (tertiary/aromatic N) is 3. The Labute approximate surface area is 195 Å². The van der Waals surface area contributed by atoms with Gasteiger partial charge in [-0.3, -0.25) is 4.90 Å². The Bertz CT molecular complexity index is 1380. The van der Waals surface area contributed by atoms with Crippen molar-refractivity contribution in [2.75, 3.05) is 19.1 Å². The van der Waals surface area contributed by atoms with Gasteiger partial charge in [0.25, 0.3) is 0 Å². The molecule has 2 aromatic carbocycles. The van der Waals surface area contributed by atoms with Crippen molar-refractivity contribution in [2.24, 2.45) is 5.73 Å². The topological polar surface area (TPSA) is 132 Å². The second-order valence-corrected chi connectivity index (χ2v) is 7.42. The minimum atomic E-state index is -0.938. The van der Waals surface area contributed by atoms with Crippen LogP contribution < -0.4 is 10.6 Å². The van der Waals surface area contributed by atoms with E-state index in [9.17, 15) is 14.9 Å². The van der Waals surface area contributed by atoms with Crippen LogP contribution in [0.5, 0.6) is 0 Å². The largest absolute Gasteiger partial charge is 0.466 e. The maximum Gasteiger partial charge on any atom is 0.355 e. The summed E-state index contributed by atoms with van der Waals surface area (Å²) in [7, 11) is 2.40. The molecule has 2 N–H and O–H groups in total. The number of ether oxygens (including phenoxy) is 2. The molecule has 0 saturated heterocycles. The lowest BCUT2D eigenvalue weighted by molar-refractivity contribution is -0.139. The number of esters is 2. The van der Waals surface area contributed by atoms with Gasteiger partial charge in [-0.15, -0.1) is 0 Å². The van der Waals surface area contributed by atoms with Gasteiger partial charge in [0.05, 0.1) is 43.0 Å². The number of hydrogen-bond acceptors (Lipinski definition) is 9. The van der Waals surface area contributed by atoms with E-state index in [2.05, 4.69) is 11.1 Å². The van der Waals surface area contributed by atoms with Gasteiger partial charge in [-0.2, -0.15) is 5.26 Å². The van der Waals surface area contributed by atoms with Crippen molar-refractivity contribution >= 4 is 28.7 Å². The molecular formula is C25H22N4O5. The number of aromatic nitrogens is 1. The number of anilines is 1. The highest BCUT2D eigenvalue weighted by Crippen LogP contribution is 2.44. The summed E-state index contributed by atoms with van der Waals surface area (Å²) in [5.74, 6) is -2.09. The lowest BCUT2D eigenvalue weighted by Gasteiger charge is -2.35. The smallest absolute Gasteiger partial charge is 0.355 e. The Kier molecular flexibility index (Phi) is 6.06. The van der Waals surface area contributed by atoms with Crippen molar-refractivity contribution in [3.63, 3.8) is 0 Å². The molecule has 9 nitrogen and oxygen atoms in total. The minimum absolute atomic E-state index is 0.0297. The van der Waals surface area contributed by atoms with Gasteiger partial charge in [0.2, 0.25) is 0 Å². The van der Waals surface area contributed by atoms with E-state index in [0.717, 1.165) is 0 Å². The maximum absolute atomic E-state index is 13.2. The molecule has 2 heterocycles. The van der Waals surface area contributed by atoms with Crippen molar-refractivity contribution in [3.05, 3.63) is 82.6 Å². The number of aryl methyl sites for hydroxylation is 1. The van der Waals surface area contributed by atoms with Crippen molar-refractivity contribution in [2.45, 2.75) is 19.3 Å². The molecule has 0 spiro atoms. The third-order valence-corrected chi connectivity index (χ3v) is 5.60. The van der Waals surface area contributed by atoms with Gasteiger partial charge in [-0.1, -0.05) is 43.3 Å². The van der Waals surface area contributed by atoms with E-state index in [1.165, 1.54) is 19.1 Å². The summed E-state index contributed by atoms with van der Waals surface area (Å²) >= 11 is 0. The highest BCUT2D eigenvalue weighted by molar-refractivity contribution is 6.08. The lowest BCUT2D eigenvalue weighted by atomic mass is 9.81. The van der Waals surface area contributed by atoms with Gasteiger partial charge in [-0.05, 0) is 17.7 Å². The van der Waals surface area contributed by atoms with Gasteiger partial charge in [-0.25, -0.2) is 14.6 Å². The van der Waals surface area contributed by atoms with Crippen LogP contribution in [-0.4, -0.2) is 31.1 Å². The van der Waals surface area contributed by atoms with Gasteiger partial charge >= 0.3 is 11.9 Å². The average molecular weight is 458 g/mol. The Morgan fingerprint density at radius 1 is 1.12 bits per heavy atom. The monoisotopic (exact) mass is 458 g/mol. The van der Waals surface area contributed by atoms with Crippen LogP contribution in [0, 0.1) is 11.3 Å². The SMILES string of the molecule is CCc1nc2c(N3C(N)=C(C#N)C(c4ccccc4)C(C(=O)OC)=C3C(=O)OC)cccc2o1. The Balaban J connectivity index is 2.11. The number of fused-ring (bicyclic) bond motifs is 1. The molecule has 0 radical (unpaired) electrons. The number of oxazole rings is 1. The van der Waals surface area contributed by atoms with Crippen LogP contribution in [0.4, 0.5) is 5.69 Å². The van der Waals surface area contributed by atoms with Crippen molar-refractivity contribution < 1.29 is 23.5 Å². The second-order valence-electron chi connectivity index (χ2n) is 7.42. The lowest BCUT2D eigenvalue weighted by Crippen LogP contribution is -2.40. The highest BCUT2D eigenvalue weighted by Gasteiger charge is 2.43. The molecule has 0 aliphatic carbocycles. The average Bonchev–Trinajstić information content (AvgIpc) is 3.31. The predicted octanol–water partition coefficient (Wildman–Crippen LogP) is 3.29. The molecule has 1 aliphatic rings. The highest BCUT2D eigenvalue weighted by atomic mass is 16.5. The van der Waals surface area contributed by atoms with Gasteiger partial charge in [0, 0.05) is 6.42 Å². The molecule has 0 saturated carbocycles. The van der Waals surface area contributed by atoms with Gasteiger partial charge in [0.15, 0.2) is 11.5 Å². The summed E-state index contributed by atoms with van der Waals surface area (Å²) in [5, 5.41) is 10.1. The van der Waals surface area contributed by atoms with Crippen LogP contribution in [-0.2, 0) is 25.5 Å². The van der Waals surface area contributed by atoms with Crippen LogP contribution in [0.25, 0.3) is 11.1 Å². The number of nitrogens with two attached hydrogens (primary N) is 1. The van der Waals surface area contributed by atoms with E-state index in [0.29, 0.717) is 34.7 Å². The fraction of sp³-hybridized carbons (Fsp3) is 0.200. The number of hydrogen-bond donors (Lipinski definition) is 1. The summed E-state index contributed by atoms with van der Waals surface area (Å²) in [5.41, 5.74) is 8.24. The Morgan fingerprint density at radius 3 is 2.44 bits per heavy atom. The number of benzene rings is 2. The van der Waals surface area contributed by atoms with E-state index in [1.54, 1.807) is 48.5 Å². The normalized spacial score (nSPS) is 15.9.